The molecule has 0 spiro atoms. The van der Waals surface area contributed by atoms with Crippen LogP contribution in [0, 0.1) is 5.82 Å². The Morgan fingerprint density at radius 2 is 2.00 bits per heavy atom. The van der Waals surface area contributed by atoms with E-state index in [0.717, 1.165) is 5.56 Å². The van der Waals surface area contributed by atoms with E-state index in [0.29, 0.717) is 6.42 Å². The number of anilines is 1. The highest BCUT2D eigenvalue weighted by molar-refractivity contribution is 5.95. The van der Waals surface area contributed by atoms with Crippen LogP contribution in [0.2, 0.25) is 0 Å². The summed E-state index contributed by atoms with van der Waals surface area (Å²) in [5, 5.41) is 5.42. The smallest absolute Gasteiger partial charge is 0.254 e. The molecule has 0 radical (unpaired) electrons. The molecule has 21 heavy (non-hydrogen) atoms. The Labute approximate surface area is 123 Å². The summed E-state index contributed by atoms with van der Waals surface area (Å²) in [4.78, 5) is 15.9. The number of pyridine rings is 1. The molecule has 2 rings (SSSR count). The van der Waals surface area contributed by atoms with Crippen LogP contribution < -0.4 is 10.6 Å². The van der Waals surface area contributed by atoms with Crippen molar-refractivity contribution in [1.29, 1.82) is 0 Å². The van der Waals surface area contributed by atoms with Crippen LogP contribution >= 0.6 is 0 Å². The molecule has 1 heterocycles. The molecule has 0 saturated heterocycles. The highest BCUT2D eigenvalue weighted by atomic mass is 19.1. The van der Waals surface area contributed by atoms with Crippen molar-refractivity contribution in [2.75, 3.05) is 12.4 Å². The minimum atomic E-state index is -0.635. The number of halogens is 1. The van der Waals surface area contributed by atoms with Gasteiger partial charge in [0.2, 0.25) is 0 Å². The first kappa shape index (κ1) is 15.0. The van der Waals surface area contributed by atoms with Gasteiger partial charge in [0.25, 0.3) is 5.91 Å². The van der Waals surface area contributed by atoms with Crippen molar-refractivity contribution in [3.8, 4) is 0 Å². The lowest BCUT2D eigenvalue weighted by atomic mass is 10.1. The van der Waals surface area contributed by atoms with Gasteiger partial charge < -0.3 is 10.6 Å². The molecule has 0 aliphatic rings. The summed E-state index contributed by atoms with van der Waals surface area (Å²) in [5.41, 5.74) is 1.12. The van der Waals surface area contributed by atoms with Crippen molar-refractivity contribution in [2.24, 2.45) is 0 Å². The van der Waals surface area contributed by atoms with Gasteiger partial charge in [-0.15, -0.1) is 0 Å². The van der Waals surface area contributed by atoms with Gasteiger partial charge in [-0.2, -0.15) is 0 Å². The van der Waals surface area contributed by atoms with Gasteiger partial charge in [-0.3, -0.25) is 4.79 Å². The third kappa shape index (κ3) is 3.78. The number of nitrogens with one attached hydrogen (secondary N) is 2. The molecule has 1 aromatic carbocycles. The lowest BCUT2D eigenvalue weighted by Crippen LogP contribution is -2.34. The molecule has 5 heteroatoms. The molecule has 0 fully saturated rings. The number of aromatic nitrogens is 1. The third-order valence-electron chi connectivity index (χ3n) is 3.13. The molecule has 1 aromatic heterocycles. The van der Waals surface area contributed by atoms with Crippen molar-refractivity contribution in [2.45, 2.75) is 19.4 Å². The number of amides is 1. The number of hydrogen-bond acceptors (Lipinski definition) is 3. The van der Waals surface area contributed by atoms with E-state index in [9.17, 15) is 9.18 Å². The van der Waals surface area contributed by atoms with Gasteiger partial charge in [0.05, 0.1) is 5.56 Å². The average Bonchev–Trinajstić information content (AvgIpc) is 2.48. The van der Waals surface area contributed by atoms with E-state index in [2.05, 4.69) is 15.6 Å². The van der Waals surface area contributed by atoms with Gasteiger partial charge >= 0.3 is 0 Å². The molecule has 1 atom stereocenters. The van der Waals surface area contributed by atoms with Crippen LogP contribution in [0.5, 0.6) is 0 Å². The Hall–Kier alpha value is -2.43. The number of carbonyl (C=O) groups excluding carboxylic acids is 1. The first-order chi connectivity index (χ1) is 10.1. The molecule has 0 aliphatic carbocycles. The standard InChI is InChI=1S/C16H18FN3O/c1-11(10-12-6-4-3-5-7-12)20-16(21)13-8-9-19-15(18-2)14(13)17/h3-9,11H,10H2,1-2H3,(H,18,19)(H,20,21). The van der Waals surface area contributed by atoms with E-state index in [4.69, 9.17) is 0 Å². The number of nitrogens with zero attached hydrogens (tertiary/aromatic N) is 1. The van der Waals surface area contributed by atoms with Crippen molar-refractivity contribution < 1.29 is 9.18 Å². The number of rotatable bonds is 5. The Morgan fingerprint density at radius 3 is 2.67 bits per heavy atom. The second kappa shape index (κ2) is 6.83. The van der Waals surface area contributed by atoms with Crippen LogP contribution in [0.3, 0.4) is 0 Å². The number of hydrogen-bond donors (Lipinski definition) is 2. The van der Waals surface area contributed by atoms with Gasteiger partial charge in [0, 0.05) is 19.3 Å². The second-order valence-corrected chi connectivity index (χ2v) is 4.84. The summed E-state index contributed by atoms with van der Waals surface area (Å²) >= 11 is 0. The predicted molar refractivity (Wildman–Crippen MR) is 80.8 cm³/mol. The summed E-state index contributed by atoms with van der Waals surface area (Å²) in [6, 6.07) is 11.1. The molecule has 0 bridgehead atoms. The summed E-state index contributed by atoms with van der Waals surface area (Å²) in [7, 11) is 1.56. The predicted octanol–water partition coefficient (Wildman–Crippen LogP) is 2.62. The monoisotopic (exact) mass is 287 g/mol. The minimum absolute atomic E-state index is 0.00531. The Morgan fingerprint density at radius 1 is 1.29 bits per heavy atom. The van der Waals surface area contributed by atoms with Gasteiger partial charge in [0.1, 0.15) is 0 Å². The van der Waals surface area contributed by atoms with Gasteiger partial charge in [-0.05, 0) is 25.0 Å². The fourth-order valence-corrected chi connectivity index (χ4v) is 2.11. The lowest BCUT2D eigenvalue weighted by Gasteiger charge is -2.15. The van der Waals surface area contributed by atoms with E-state index in [1.807, 2.05) is 37.3 Å². The molecule has 2 aromatic rings. The molecule has 110 valence electrons. The Kier molecular flexibility index (Phi) is 4.87. The largest absolute Gasteiger partial charge is 0.371 e. The second-order valence-electron chi connectivity index (χ2n) is 4.84. The summed E-state index contributed by atoms with van der Waals surface area (Å²) in [6.45, 7) is 1.89. The normalized spacial score (nSPS) is 11.8. The van der Waals surface area contributed by atoms with E-state index in [-0.39, 0.29) is 17.4 Å². The zero-order valence-corrected chi connectivity index (χ0v) is 12.1. The zero-order valence-electron chi connectivity index (χ0n) is 12.1. The Balaban J connectivity index is 2.04. The first-order valence-electron chi connectivity index (χ1n) is 6.79. The quantitative estimate of drug-likeness (QED) is 0.889. The minimum Gasteiger partial charge on any atom is -0.371 e. The maximum absolute atomic E-state index is 14.0. The first-order valence-corrected chi connectivity index (χ1v) is 6.79. The molecule has 1 unspecified atom stereocenters. The molecule has 4 nitrogen and oxygen atoms in total. The molecular formula is C16H18FN3O. The molecule has 1 amide bonds. The molecular weight excluding hydrogens is 269 g/mol. The highest BCUT2D eigenvalue weighted by Crippen LogP contribution is 2.14. The van der Waals surface area contributed by atoms with Crippen LogP contribution in [0.4, 0.5) is 10.2 Å². The van der Waals surface area contributed by atoms with Crippen molar-refractivity contribution in [1.82, 2.24) is 10.3 Å². The van der Waals surface area contributed by atoms with Gasteiger partial charge in [-0.1, -0.05) is 30.3 Å². The summed E-state index contributed by atoms with van der Waals surface area (Å²) < 4.78 is 14.0. The number of benzene rings is 1. The van der Waals surface area contributed by atoms with Crippen LogP contribution in [-0.4, -0.2) is 24.0 Å². The average molecular weight is 287 g/mol. The van der Waals surface area contributed by atoms with Gasteiger partial charge in [0.15, 0.2) is 11.6 Å². The topological polar surface area (TPSA) is 54.0 Å². The van der Waals surface area contributed by atoms with Gasteiger partial charge in [-0.25, -0.2) is 9.37 Å². The highest BCUT2D eigenvalue weighted by Gasteiger charge is 2.17. The maximum Gasteiger partial charge on any atom is 0.254 e. The van der Waals surface area contributed by atoms with Crippen molar-refractivity contribution in [3.63, 3.8) is 0 Å². The van der Waals surface area contributed by atoms with Crippen LogP contribution in [-0.2, 0) is 6.42 Å². The maximum atomic E-state index is 14.0. The molecule has 2 N–H and O–H groups in total. The van der Waals surface area contributed by atoms with E-state index in [1.165, 1.54) is 12.3 Å². The summed E-state index contributed by atoms with van der Waals surface area (Å²) in [6.07, 6.45) is 2.10. The fraction of sp³-hybridized carbons (Fsp3) is 0.250. The number of carbonyl (C=O) groups is 1. The van der Waals surface area contributed by atoms with Crippen molar-refractivity contribution >= 4 is 11.7 Å². The fourth-order valence-electron chi connectivity index (χ4n) is 2.11. The molecule has 0 aliphatic heterocycles. The van der Waals surface area contributed by atoms with Crippen LogP contribution in [0.1, 0.15) is 22.8 Å². The molecule has 0 saturated carbocycles. The van der Waals surface area contributed by atoms with Crippen molar-refractivity contribution in [3.05, 3.63) is 59.5 Å². The van der Waals surface area contributed by atoms with Crippen LogP contribution in [0.25, 0.3) is 0 Å². The zero-order chi connectivity index (χ0) is 15.2. The Bertz CT molecular complexity index is 616. The third-order valence-corrected chi connectivity index (χ3v) is 3.13. The van der Waals surface area contributed by atoms with E-state index >= 15 is 0 Å². The SMILES string of the molecule is CNc1nccc(C(=O)NC(C)Cc2ccccc2)c1F. The van der Waals surface area contributed by atoms with E-state index in [1.54, 1.807) is 7.05 Å². The van der Waals surface area contributed by atoms with Crippen LogP contribution in [0.15, 0.2) is 42.6 Å². The lowest BCUT2D eigenvalue weighted by molar-refractivity contribution is 0.0936. The summed E-state index contributed by atoms with van der Waals surface area (Å²) in [5.74, 6) is -1.00. The van der Waals surface area contributed by atoms with E-state index < -0.39 is 11.7 Å².